The first-order valence-corrected chi connectivity index (χ1v) is 16.9. The number of aromatic hydroxyl groups is 1. The zero-order valence-corrected chi connectivity index (χ0v) is 30.7. The number of amides is 1. The second-order valence-corrected chi connectivity index (χ2v) is 13.2. The molecule has 0 saturated carbocycles. The average Bonchev–Trinajstić information content (AvgIpc) is 3.37. The van der Waals surface area contributed by atoms with E-state index in [1.807, 2.05) is 12.1 Å². The number of pyridine rings is 1. The van der Waals surface area contributed by atoms with E-state index >= 15 is 0 Å². The molecule has 0 fully saturated rings. The SMILES string of the molecule is CC(=O)OCC(=O)Cc1ccc(Cl)cc1.O=C(O)c1c(O)c(Cc2ccc(Cl)cc2)nc2c(Br)cccc12.O=C1Nc2c(Br)cccc2C1=O. The number of halogens is 4. The molecule has 0 aliphatic carbocycles. The van der Waals surface area contributed by atoms with Gasteiger partial charge in [-0.3, -0.25) is 19.2 Å². The number of benzene rings is 4. The number of ketones is 2. The van der Waals surface area contributed by atoms with Gasteiger partial charge in [0.25, 0.3) is 11.7 Å². The van der Waals surface area contributed by atoms with Gasteiger partial charge in [-0.05, 0) is 85.5 Å². The summed E-state index contributed by atoms with van der Waals surface area (Å²) in [6.45, 7) is 1.10. The molecule has 5 aromatic rings. The maximum Gasteiger partial charge on any atom is 0.340 e. The van der Waals surface area contributed by atoms with Crippen molar-refractivity contribution in [3.63, 3.8) is 0 Å². The predicted molar refractivity (Wildman–Crippen MR) is 196 cm³/mol. The Balaban J connectivity index is 0.000000180. The monoisotopic (exact) mass is 842 g/mol. The number of aromatic nitrogens is 1. The first-order valence-electron chi connectivity index (χ1n) is 14.6. The Labute approximate surface area is 312 Å². The van der Waals surface area contributed by atoms with Crippen LogP contribution in [0.2, 0.25) is 10.0 Å². The van der Waals surface area contributed by atoms with Gasteiger partial charge in [0.05, 0.1) is 22.5 Å². The van der Waals surface area contributed by atoms with Crippen molar-refractivity contribution < 1.29 is 38.9 Å². The molecule has 0 spiro atoms. The molecular weight excluding hydrogens is 819 g/mol. The van der Waals surface area contributed by atoms with Crippen LogP contribution in [0.5, 0.6) is 5.75 Å². The number of carbonyl (C=O) groups is 5. The maximum absolute atomic E-state index is 11.6. The first kappa shape index (κ1) is 38.2. The normalized spacial score (nSPS) is 11.4. The number of aromatic carboxylic acids is 1. The Morgan fingerprint density at radius 1 is 0.840 bits per heavy atom. The number of para-hydroxylation sites is 2. The van der Waals surface area contributed by atoms with Crippen molar-refractivity contribution >= 4 is 101 Å². The molecule has 0 bridgehead atoms. The molecule has 1 aliphatic rings. The zero-order valence-electron chi connectivity index (χ0n) is 26.0. The fraction of sp³-hybridized carbons (Fsp3) is 0.111. The molecule has 10 nitrogen and oxygen atoms in total. The van der Waals surface area contributed by atoms with Crippen molar-refractivity contribution in [1.82, 2.24) is 4.98 Å². The summed E-state index contributed by atoms with van der Waals surface area (Å²) >= 11 is 18.2. The second-order valence-electron chi connectivity index (χ2n) is 10.6. The van der Waals surface area contributed by atoms with Crippen LogP contribution in [0.3, 0.4) is 0 Å². The van der Waals surface area contributed by atoms with Gasteiger partial charge in [0.15, 0.2) is 11.5 Å². The third-order valence-corrected chi connectivity index (χ3v) is 8.77. The Bertz CT molecular complexity index is 2110. The van der Waals surface area contributed by atoms with Crippen molar-refractivity contribution in [2.75, 3.05) is 11.9 Å². The predicted octanol–water partition coefficient (Wildman–Crippen LogP) is 8.24. The summed E-state index contributed by atoms with van der Waals surface area (Å²) < 4.78 is 6.00. The van der Waals surface area contributed by atoms with Crippen LogP contribution in [0.4, 0.5) is 5.69 Å². The lowest BCUT2D eigenvalue weighted by atomic mass is 10.0. The number of anilines is 1. The van der Waals surface area contributed by atoms with Gasteiger partial charge in [0, 0.05) is 44.1 Å². The van der Waals surface area contributed by atoms with Gasteiger partial charge in [-0.15, -0.1) is 0 Å². The molecule has 1 amide bonds. The van der Waals surface area contributed by atoms with Gasteiger partial charge in [-0.25, -0.2) is 9.78 Å². The number of nitrogens with one attached hydrogen (secondary N) is 1. The second kappa shape index (κ2) is 17.3. The number of ether oxygens (including phenoxy) is 1. The molecule has 0 atom stereocenters. The first-order chi connectivity index (χ1) is 23.7. The number of Topliss-reactive ketones (excluding diaryl/α,β-unsaturated/α-hetero) is 2. The van der Waals surface area contributed by atoms with Crippen molar-refractivity contribution in [3.05, 3.63) is 132 Å². The van der Waals surface area contributed by atoms with Crippen molar-refractivity contribution in [2.45, 2.75) is 19.8 Å². The lowest BCUT2D eigenvalue weighted by Gasteiger charge is -2.11. The van der Waals surface area contributed by atoms with Crippen LogP contribution < -0.4 is 5.32 Å². The Hall–Kier alpha value is -4.62. The van der Waals surface area contributed by atoms with Gasteiger partial charge in [0.2, 0.25) is 0 Å². The van der Waals surface area contributed by atoms with Crippen LogP contribution >= 0.6 is 55.1 Å². The number of carbonyl (C=O) groups excluding carboxylic acids is 4. The van der Waals surface area contributed by atoms with E-state index in [2.05, 4.69) is 46.9 Å². The standard InChI is InChI=1S/C17H11BrClNO3.C11H11ClO3.C8H4BrNO2/c18-12-3-1-2-11-14(17(22)23)16(21)13(20-15(11)12)8-9-4-6-10(19)7-5-9;1-8(13)15-7-11(14)6-9-2-4-10(12)5-3-9;9-5-3-1-2-4-6(5)10-8(12)7(4)11/h1-7,21H,8H2,(H,22,23);2-5H,6-7H2,1H3;1-3H,(H,10,11,12). The minimum absolute atomic E-state index is 0.132. The quantitative estimate of drug-likeness (QED) is 0.108. The summed E-state index contributed by atoms with van der Waals surface area (Å²) in [6, 6.07) is 24.3. The van der Waals surface area contributed by atoms with Crippen LogP contribution in [0.1, 0.15) is 44.5 Å². The Morgan fingerprint density at radius 3 is 2.00 bits per heavy atom. The molecule has 0 unspecified atom stereocenters. The lowest BCUT2D eigenvalue weighted by Crippen LogP contribution is -2.13. The molecular formula is C36H26Br2Cl2N2O8. The van der Waals surface area contributed by atoms with Crippen LogP contribution in [-0.4, -0.2) is 51.2 Å². The maximum atomic E-state index is 11.6. The molecule has 1 aliphatic heterocycles. The summed E-state index contributed by atoms with van der Waals surface area (Å²) in [7, 11) is 0. The van der Waals surface area contributed by atoms with Gasteiger partial charge in [-0.2, -0.15) is 0 Å². The van der Waals surface area contributed by atoms with Crippen LogP contribution in [-0.2, 0) is 32.0 Å². The van der Waals surface area contributed by atoms with Gasteiger partial charge >= 0.3 is 11.9 Å². The smallest absolute Gasteiger partial charge is 0.340 e. The van der Waals surface area contributed by atoms with Crippen LogP contribution in [0.25, 0.3) is 10.9 Å². The Morgan fingerprint density at radius 2 is 1.42 bits per heavy atom. The summed E-state index contributed by atoms with van der Waals surface area (Å²) in [5.41, 5.74) is 3.43. The van der Waals surface area contributed by atoms with Gasteiger partial charge in [0.1, 0.15) is 12.2 Å². The van der Waals surface area contributed by atoms with E-state index in [1.54, 1.807) is 72.8 Å². The number of carboxylic acids is 1. The molecule has 3 N–H and O–H groups in total. The molecule has 0 radical (unpaired) electrons. The molecule has 4 aromatic carbocycles. The van der Waals surface area contributed by atoms with Crippen molar-refractivity contribution in [2.24, 2.45) is 0 Å². The number of nitrogens with zero attached hydrogens (tertiary/aromatic N) is 1. The number of hydrogen-bond donors (Lipinski definition) is 3. The van der Waals surface area contributed by atoms with E-state index in [0.29, 0.717) is 48.8 Å². The van der Waals surface area contributed by atoms with Crippen molar-refractivity contribution in [3.8, 4) is 5.75 Å². The van der Waals surface area contributed by atoms with Gasteiger partial charge < -0.3 is 20.3 Å². The number of carboxylic acid groups (broad SMARTS) is 1. The molecule has 0 saturated heterocycles. The highest BCUT2D eigenvalue weighted by molar-refractivity contribution is 9.11. The minimum Gasteiger partial charge on any atom is -0.505 e. The molecule has 6 rings (SSSR count). The summed E-state index contributed by atoms with van der Waals surface area (Å²) in [5, 5.41) is 24.0. The average molecular weight is 845 g/mol. The minimum atomic E-state index is -1.19. The highest BCUT2D eigenvalue weighted by atomic mass is 79.9. The molecule has 2 heterocycles. The topological polar surface area (TPSA) is 160 Å². The van der Waals surface area contributed by atoms with Crippen LogP contribution in [0, 0.1) is 0 Å². The number of hydrogen-bond acceptors (Lipinski definition) is 8. The molecule has 256 valence electrons. The molecule has 14 heteroatoms. The fourth-order valence-corrected chi connectivity index (χ4v) is 5.79. The molecule has 1 aromatic heterocycles. The van der Waals surface area contributed by atoms with E-state index in [-0.39, 0.29) is 30.1 Å². The highest BCUT2D eigenvalue weighted by Crippen LogP contribution is 2.34. The van der Waals surface area contributed by atoms with Crippen LogP contribution in [0.15, 0.2) is 93.9 Å². The summed E-state index contributed by atoms with van der Waals surface area (Å²) in [6.07, 6.45) is 0.561. The third kappa shape index (κ3) is 9.97. The van der Waals surface area contributed by atoms with E-state index in [0.717, 1.165) is 15.6 Å². The largest absolute Gasteiger partial charge is 0.505 e. The third-order valence-electron chi connectivity index (χ3n) is 6.97. The van der Waals surface area contributed by atoms with E-state index in [4.69, 9.17) is 23.2 Å². The Kier molecular flexibility index (Phi) is 13.3. The van der Waals surface area contributed by atoms with Crippen molar-refractivity contribution in [1.29, 1.82) is 0 Å². The lowest BCUT2D eigenvalue weighted by molar-refractivity contribution is -0.145. The van der Waals surface area contributed by atoms with E-state index < -0.39 is 23.6 Å². The zero-order chi connectivity index (χ0) is 36.5. The van der Waals surface area contributed by atoms with Gasteiger partial charge in [-0.1, -0.05) is 65.7 Å². The number of esters is 1. The summed E-state index contributed by atoms with van der Waals surface area (Å²) in [5.74, 6) is -3.10. The van der Waals surface area contributed by atoms with E-state index in [9.17, 15) is 34.2 Å². The number of rotatable bonds is 7. The molecule has 50 heavy (non-hydrogen) atoms. The number of fused-ring (bicyclic) bond motifs is 2. The summed E-state index contributed by atoms with van der Waals surface area (Å²) in [4.78, 5) is 59.8. The fourth-order valence-electron chi connectivity index (χ4n) is 4.62. The van der Waals surface area contributed by atoms with E-state index in [1.165, 1.54) is 6.92 Å². The highest BCUT2D eigenvalue weighted by Gasteiger charge is 2.29.